The first kappa shape index (κ1) is 24.1. The topological polar surface area (TPSA) is 77.7 Å². The molecule has 0 unspecified atom stereocenters. The maximum atomic E-state index is 13.7. The molecule has 1 saturated heterocycles. The smallest absolute Gasteiger partial charge is 0.270 e. The number of aromatic amines is 1. The Balaban J connectivity index is 1.41. The molecule has 5 rings (SSSR count). The predicted octanol–water partition coefficient (Wildman–Crippen LogP) is 4.44. The number of hydrogen-bond donors (Lipinski definition) is 2. The summed E-state index contributed by atoms with van der Waals surface area (Å²) >= 11 is 0. The van der Waals surface area contributed by atoms with E-state index in [1.807, 2.05) is 24.3 Å². The minimum atomic E-state index is -0.359. The first-order valence-corrected chi connectivity index (χ1v) is 12.0. The van der Waals surface area contributed by atoms with Gasteiger partial charge in [-0.05, 0) is 60.7 Å². The lowest BCUT2D eigenvalue weighted by molar-refractivity contribution is -0.127. The van der Waals surface area contributed by atoms with Crippen LogP contribution >= 0.6 is 0 Å². The molecule has 0 bridgehead atoms. The van der Waals surface area contributed by atoms with Crippen LogP contribution in [0.3, 0.4) is 0 Å². The monoisotopic (exact) mass is 498 g/mol. The van der Waals surface area contributed by atoms with Crippen LogP contribution in [0.2, 0.25) is 0 Å². The number of halogens is 1. The zero-order valence-corrected chi connectivity index (χ0v) is 20.4. The van der Waals surface area contributed by atoms with Gasteiger partial charge in [-0.1, -0.05) is 18.2 Å². The van der Waals surface area contributed by atoms with Gasteiger partial charge in [0.2, 0.25) is 0 Å². The number of rotatable bonds is 6. The standard InChI is InChI=1S/C29H27FN4O3/c1-37-24-11-12-26-25(18-24)21(19-31-26)17-27(32-28(35)20-5-3-2-4-6-20)29(36)34-15-13-33(14-16-34)23-9-7-22(30)8-10-23/h2-12,17-19,31H,13-16H2,1H3,(H,32,35)/b27-17-. The van der Waals surface area contributed by atoms with Gasteiger partial charge in [-0.2, -0.15) is 0 Å². The van der Waals surface area contributed by atoms with Crippen molar-refractivity contribution >= 4 is 34.5 Å². The highest BCUT2D eigenvalue weighted by molar-refractivity contribution is 6.06. The summed E-state index contributed by atoms with van der Waals surface area (Å²) in [5, 5.41) is 3.72. The number of methoxy groups -OCH3 is 1. The van der Waals surface area contributed by atoms with Gasteiger partial charge in [0.1, 0.15) is 17.3 Å². The zero-order chi connectivity index (χ0) is 25.8. The van der Waals surface area contributed by atoms with Crippen LogP contribution < -0.4 is 15.0 Å². The van der Waals surface area contributed by atoms with Crippen molar-refractivity contribution in [2.24, 2.45) is 0 Å². The van der Waals surface area contributed by atoms with E-state index in [2.05, 4.69) is 15.2 Å². The number of nitrogens with zero attached hydrogens (tertiary/aromatic N) is 2. The highest BCUT2D eigenvalue weighted by Gasteiger charge is 2.25. The van der Waals surface area contributed by atoms with Crippen LogP contribution in [0, 0.1) is 5.82 Å². The normalized spacial score (nSPS) is 14.1. The third kappa shape index (κ3) is 5.33. The number of ether oxygens (including phenoxy) is 1. The van der Waals surface area contributed by atoms with Gasteiger partial charge in [0.25, 0.3) is 11.8 Å². The molecular weight excluding hydrogens is 471 g/mol. The summed E-state index contributed by atoms with van der Waals surface area (Å²) in [7, 11) is 1.60. The molecule has 2 heterocycles. The fourth-order valence-electron chi connectivity index (χ4n) is 4.45. The zero-order valence-electron chi connectivity index (χ0n) is 20.4. The summed E-state index contributed by atoms with van der Waals surface area (Å²) in [6.07, 6.45) is 3.51. The number of fused-ring (bicyclic) bond motifs is 1. The van der Waals surface area contributed by atoms with Gasteiger partial charge in [0.05, 0.1) is 7.11 Å². The van der Waals surface area contributed by atoms with E-state index >= 15 is 0 Å². The fraction of sp³-hybridized carbons (Fsp3) is 0.172. The van der Waals surface area contributed by atoms with E-state index in [1.165, 1.54) is 12.1 Å². The summed E-state index contributed by atoms with van der Waals surface area (Å²) in [5.74, 6) is -0.209. The van der Waals surface area contributed by atoms with E-state index in [9.17, 15) is 14.0 Å². The quantitative estimate of drug-likeness (QED) is 0.386. The van der Waals surface area contributed by atoms with Crippen molar-refractivity contribution in [3.63, 3.8) is 0 Å². The van der Waals surface area contributed by atoms with Crippen molar-refractivity contribution in [1.82, 2.24) is 15.2 Å². The molecule has 0 aliphatic carbocycles. The van der Waals surface area contributed by atoms with Crippen LogP contribution in [0.5, 0.6) is 5.75 Å². The summed E-state index contributed by atoms with van der Waals surface area (Å²) < 4.78 is 18.7. The van der Waals surface area contributed by atoms with Crippen LogP contribution in [-0.4, -0.2) is 55.0 Å². The van der Waals surface area contributed by atoms with E-state index in [0.717, 1.165) is 22.2 Å². The van der Waals surface area contributed by atoms with Crippen LogP contribution in [0.4, 0.5) is 10.1 Å². The molecule has 37 heavy (non-hydrogen) atoms. The minimum absolute atomic E-state index is 0.188. The van der Waals surface area contributed by atoms with E-state index in [-0.39, 0.29) is 23.3 Å². The SMILES string of the molecule is COc1ccc2[nH]cc(/C=C(\NC(=O)c3ccccc3)C(=O)N3CCN(c4ccc(F)cc4)CC3)c2c1. The van der Waals surface area contributed by atoms with E-state index in [0.29, 0.717) is 37.5 Å². The second kappa shape index (κ2) is 10.6. The highest BCUT2D eigenvalue weighted by atomic mass is 19.1. The van der Waals surface area contributed by atoms with Gasteiger partial charge < -0.3 is 24.8 Å². The number of H-pyrrole nitrogens is 1. The van der Waals surface area contributed by atoms with Crippen LogP contribution in [0.15, 0.2) is 84.7 Å². The molecule has 0 saturated carbocycles. The second-order valence-electron chi connectivity index (χ2n) is 8.79. The van der Waals surface area contributed by atoms with Crippen molar-refractivity contribution < 1.29 is 18.7 Å². The third-order valence-electron chi connectivity index (χ3n) is 6.49. The molecule has 1 fully saturated rings. The first-order chi connectivity index (χ1) is 18.0. The Bertz CT molecular complexity index is 1440. The van der Waals surface area contributed by atoms with Gasteiger partial charge >= 0.3 is 0 Å². The molecule has 1 aliphatic heterocycles. The number of hydrogen-bond acceptors (Lipinski definition) is 4. The Labute approximate surface area is 214 Å². The Morgan fingerprint density at radius 2 is 1.70 bits per heavy atom. The lowest BCUT2D eigenvalue weighted by Gasteiger charge is -2.36. The number of nitrogens with one attached hydrogen (secondary N) is 2. The molecule has 0 atom stereocenters. The number of carbonyl (C=O) groups excluding carboxylic acids is 2. The first-order valence-electron chi connectivity index (χ1n) is 12.0. The molecule has 0 radical (unpaired) electrons. The number of carbonyl (C=O) groups is 2. The molecule has 3 aromatic carbocycles. The molecule has 1 aromatic heterocycles. The lowest BCUT2D eigenvalue weighted by atomic mass is 10.1. The predicted molar refractivity (Wildman–Crippen MR) is 142 cm³/mol. The molecule has 2 N–H and O–H groups in total. The molecular formula is C29H27FN4O3. The van der Waals surface area contributed by atoms with Gasteiger partial charge in [0.15, 0.2) is 0 Å². The average Bonchev–Trinajstić information content (AvgIpc) is 3.35. The summed E-state index contributed by atoms with van der Waals surface area (Å²) in [6, 6.07) is 20.8. The van der Waals surface area contributed by atoms with Crippen molar-refractivity contribution in [2.75, 3.05) is 38.2 Å². The molecule has 2 amide bonds. The van der Waals surface area contributed by atoms with Crippen molar-refractivity contribution in [3.05, 3.63) is 102 Å². The maximum Gasteiger partial charge on any atom is 0.270 e. The Morgan fingerprint density at radius 1 is 0.973 bits per heavy atom. The van der Waals surface area contributed by atoms with Crippen molar-refractivity contribution in [3.8, 4) is 5.75 Å². The molecule has 0 spiro atoms. The summed E-state index contributed by atoms with van der Waals surface area (Å²) in [6.45, 7) is 2.13. The van der Waals surface area contributed by atoms with E-state index in [4.69, 9.17) is 4.74 Å². The highest BCUT2D eigenvalue weighted by Crippen LogP contribution is 2.26. The Hall–Kier alpha value is -4.59. The number of amides is 2. The summed E-state index contributed by atoms with van der Waals surface area (Å²) in [4.78, 5) is 33.7. The molecule has 4 aromatic rings. The number of aromatic nitrogens is 1. The second-order valence-corrected chi connectivity index (χ2v) is 8.79. The molecule has 188 valence electrons. The Morgan fingerprint density at radius 3 is 2.41 bits per heavy atom. The van der Waals surface area contributed by atoms with E-state index < -0.39 is 0 Å². The van der Waals surface area contributed by atoms with Crippen molar-refractivity contribution in [1.29, 1.82) is 0 Å². The third-order valence-corrected chi connectivity index (χ3v) is 6.49. The molecule has 8 heteroatoms. The van der Waals surface area contributed by atoms with Gasteiger partial charge in [-0.25, -0.2) is 4.39 Å². The fourth-order valence-corrected chi connectivity index (χ4v) is 4.45. The average molecular weight is 499 g/mol. The Kier molecular flexibility index (Phi) is 6.89. The van der Waals surface area contributed by atoms with Gasteiger partial charge in [-0.3, -0.25) is 9.59 Å². The molecule has 1 aliphatic rings. The largest absolute Gasteiger partial charge is 0.497 e. The molecule has 7 nitrogen and oxygen atoms in total. The van der Waals surface area contributed by atoms with Crippen LogP contribution in [-0.2, 0) is 4.79 Å². The number of anilines is 1. The van der Waals surface area contributed by atoms with E-state index in [1.54, 1.807) is 60.7 Å². The number of piperazine rings is 1. The minimum Gasteiger partial charge on any atom is -0.497 e. The van der Waals surface area contributed by atoms with Crippen LogP contribution in [0.25, 0.3) is 17.0 Å². The number of benzene rings is 3. The van der Waals surface area contributed by atoms with Crippen LogP contribution in [0.1, 0.15) is 15.9 Å². The lowest BCUT2D eigenvalue weighted by Crippen LogP contribution is -2.50. The summed E-state index contributed by atoms with van der Waals surface area (Å²) in [5.41, 5.74) is 3.21. The van der Waals surface area contributed by atoms with Gasteiger partial charge in [-0.15, -0.1) is 0 Å². The maximum absolute atomic E-state index is 13.7. The van der Waals surface area contributed by atoms with Crippen molar-refractivity contribution in [2.45, 2.75) is 0 Å². The van der Waals surface area contributed by atoms with Gasteiger partial charge in [0, 0.05) is 60.1 Å².